The molecule has 3 rings (SSSR count). The van der Waals surface area contributed by atoms with Crippen molar-refractivity contribution in [3.8, 4) is 0 Å². The Hall–Kier alpha value is -1.87. The van der Waals surface area contributed by atoms with Crippen LogP contribution in [0.4, 0.5) is 0 Å². The number of fused-ring (bicyclic) bond motifs is 1. The summed E-state index contributed by atoms with van der Waals surface area (Å²) in [6.07, 6.45) is 6.27. The fraction of sp³-hybridized carbons (Fsp3) is 0.522. The third-order valence-corrected chi connectivity index (χ3v) is 5.85. The molecule has 1 atom stereocenters. The monoisotopic (exact) mass is 352 g/mol. The van der Waals surface area contributed by atoms with Gasteiger partial charge in [0, 0.05) is 12.0 Å². The van der Waals surface area contributed by atoms with Crippen molar-refractivity contribution in [3.05, 3.63) is 48.0 Å². The Labute approximate surface area is 157 Å². The number of carbonyl (C=O) groups is 1. The second-order valence-electron chi connectivity index (χ2n) is 7.77. The second kappa shape index (κ2) is 9.18. The lowest BCUT2D eigenvalue weighted by molar-refractivity contribution is -0.127. The number of hydrogen-bond acceptors (Lipinski definition) is 2. The van der Waals surface area contributed by atoms with Gasteiger partial charge in [-0.3, -0.25) is 4.79 Å². The van der Waals surface area contributed by atoms with Gasteiger partial charge in [-0.15, -0.1) is 0 Å². The van der Waals surface area contributed by atoms with E-state index in [2.05, 4.69) is 60.0 Å². The highest BCUT2D eigenvalue weighted by molar-refractivity contribution is 5.83. The first-order valence-corrected chi connectivity index (χ1v) is 10.1. The van der Waals surface area contributed by atoms with Gasteiger partial charge >= 0.3 is 0 Å². The molecule has 0 bridgehead atoms. The Bertz CT molecular complexity index is 719. The fourth-order valence-corrected chi connectivity index (χ4v) is 4.18. The standard InChI is InChI=1S/C23H32N2O/c1-3-22(15-18-10-11-19-6-4-5-7-21(19)14-18)25-23(26)20-12-8-17(9-13-20)16-24-2/h4-7,10-11,14,17,20,22,24H,3,8-9,12-13,15-16H2,1-2H3,(H,25,26)/t17?,20?,22-/m1/s1. The summed E-state index contributed by atoms with van der Waals surface area (Å²) < 4.78 is 0. The molecule has 0 aliphatic heterocycles. The Morgan fingerprint density at radius 2 is 1.81 bits per heavy atom. The van der Waals surface area contributed by atoms with E-state index >= 15 is 0 Å². The summed E-state index contributed by atoms with van der Waals surface area (Å²) in [7, 11) is 2.01. The molecule has 2 aromatic rings. The molecule has 1 saturated carbocycles. The second-order valence-corrected chi connectivity index (χ2v) is 7.77. The van der Waals surface area contributed by atoms with Gasteiger partial charge in [0.25, 0.3) is 0 Å². The molecule has 0 spiro atoms. The van der Waals surface area contributed by atoms with Gasteiger partial charge in [0.2, 0.25) is 5.91 Å². The van der Waals surface area contributed by atoms with Gasteiger partial charge in [-0.25, -0.2) is 0 Å². The first-order chi connectivity index (χ1) is 12.7. The Balaban J connectivity index is 1.56. The number of hydrogen-bond donors (Lipinski definition) is 2. The molecule has 0 unspecified atom stereocenters. The Morgan fingerprint density at radius 3 is 2.50 bits per heavy atom. The summed E-state index contributed by atoms with van der Waals surface area (Å²) in [5.41, 5.74) is 1.30. The molecule has 2 aromatic carbocycles. The fourth-order valence-electron chi connectivity index (χ4n) is 4.18. The summed E-state index contributed by atoms with van der Waals surface area (Å²) in [6, 6.07) is 15.3. The number of carbonyl (C=O) groups excluding carboxylic acids is 1. The zero-order valence-electron chi connectivity index (χ0n) is 16.1. The molecule has 1 fully saturated rings. The quantitative estimate of drug-likeness (QED) is 0.780. The highest BCUT2D eigenvalue weighted by Gasteiger charge is 2.27. The minimum atomic E-state index is 0.203. The van der Waals surface area contributed by atoms with Crippen LogP contribution >= 0.6 is 0 Å². The van der Waals surface area contributed by atoms with E-state index in [4.69, 9.17) is 0 Å². The lowest BCUT2D eigenvalue weighted by Gasteiger charge is -2.29. The van der Waals surface area contributed by atoms with Gasteiger partial charge in [-0.05, 0) is 74.4 Å². The third kappa shape index (κ3) is 4.85. The molecule has 3 heteroatoms. The van der Waals surface area contributed by atoms with Crippen LogP contribution in [-0.4, -0.2) is 25.5 Å². The van der Waals surface area contributed by atoms with Gasteiger partial charge in [0.05, 0.1) is 0 Å². The van der Waals surface area contributed by atoms with E-state index in [9.17, 15) is 4.79 Å². The van der Waals surface area contributed by atoms with Gasteiger partial charge in [0.1, 0.15) is 0 Å². The van der Waals surface area contributed by atoms with Crippen LogP contribution in [0.2, 0.25) is 0 Å². The number of amides is 1. The Morgan fingerprint density at radius 1 is 1.08 bits per heavy atom. The number of benzene rings is 2. The molecule has 0 aromatic heterocycles. The average Bonchev–Trinajstić information content (AvgIpc) is 2.68. The molecule has 0 radical (unpaired) electrons. The summed E-state index contributed by atoms with van der Waals surface area (Å²) >= 11 is 0. The predicted molar refractivity (Wildman–Crippen MR) is 109 cm³/mol. The Kier molecular flexibility index (Phi) is 6.67. The van der Waals surface area contributed by atoms with Crippen LogP contribution in [-0.2, 0) is 11.2 Å². The lowest BCUT2D eigenvalue weighted by atomic mass is 9.81. The molecule has 0 saturated heterocycles. The normalized spacial score (nSPS) is 21.5. The van der Waals surface area contributed by atoms with Crippen LogP contribution in [0.15, 0.2) is 42.5 Å². The summed E-state index contributed by atoms with van der Waals surface area (Å²) in [5.74, 6) is 1.21. The van der Waals surface area contributed by atoms with Crippen LogP contribution in [0, 0.1) is 11.8 Å². The van der Waals surface area contributed by atoms with Crippen molar-refractivity contribution in [2.45, 2.75) is 51.5 Å². The van der Waals surface area contributed by atoms with E-state index in [0.29, 0.717) is 0 Å². The smallest absolute Gasteiger partial charge is 0.223 e. The molecule has 1 aliphatic carbocycles. The number of rotatable bonds is 7. The molecule has 0 heterocycles. The van der Waals surface area contributed by atoms with Crippen LogP contribution in [0.25, 0.3) is 10.8 Å². The van der Waals surface area contributed by atoms with E-state index in [1.807, 2.05) is 7.05 Å². The highest BCUT2D eigenvalue weighted by atomic mass is 16.1. The molecular formula is C23H32N2O. The summed E-state index contributed by atoms with van der Waals surface area (Å²) in [6.45, 7) is 3.24. The van der Waals surface area contributed by atoms with E-state index in [1.165, 1.54) is 29.2 Å². The first-order valence-electron chi connectivity index (χ1n) is 10.1. The molecule has 2 N–H and O–H groups in total. The van der Waals surface area contributed by atoms with Crippen molar-refractivity contribution in [2.75, 3.05) is 13.6 Å². The van der Waals surface area contributed by atoms with Crippen molar-refractivity contribution in [3.63, 3.8) is 0 Å². The van der Waals surface area contributed by atoms with Crippen molar-refractivity contribution in [1.82, 2.24) is 10.6 Å². The molecule has 1 amide bonds. The lowest BCUT2D eigenvalue weighted by Crippen LogP contribution is -2.41. The largest absolute Gasteiger partial charge is 0.353 e. The van der Waals surface area contributed by atoms with Crippen LogP contribution < -0.4 is 10.6 Å². The van der Waals surface area contributed by atoms with E-state index in [0.717, 1.165) is 38.1 Å². The molecule has 140 valence electrons. The van der Waals surface area contributed by atoms with Crippen LogP contribution in [0.3, 0.4) is 0 Å². The summed E-state index contributed by atoms with van der Waals surface area (Å²) in [4.78, 5) is 12.7. The van der Waals surface area contributed by atoms with E-state index < -0.39 is 0 Å². The zero-order chi connectivity index (χ0) is 18.4. The zero-order valence-corrected chi connectivity index (χ0v) is 16.1. The molecular weight excluding hydrogens is 320 g/mol. The average molecular weight is 353 g/mol. The van der Waals surface area contributed by atoms with Gasteiger partial charge in [0.15, 0.2) is 0 Å². The topological polar surface area (TPSA) is 41.1 Å². The van der Waals surface area contributed by atoms with Crippen molar-refractivity contribution >= 4 is 16.7 Å². The van der Waals surface area contributed by atoms with Crippen LogP contribution in [0.1, 0.15) is 44.6 Å². The predicted octanol–water partition coefficient (Wildman–Crippen LogP) is 4.30. The maximum absolute atomic E-state index is 12.7. The van der Waals surface area contributed by atoms with Crippen molar-refractivity contribution in [2.24, 2.45) is 11.8 Å². The summed E-state index contributed by atoms with van der Waals surface area (Å²) in [5, 5.41) is 9.13. The molecule has 26 heavy (non-hydrogen) atoms. The number of nitrogens with one attached hydrogen (secondary N) is 2. The maximum Gasteiger partial charge on any atom is 0.223 e. The minimum absolute atomic E-state index is 0.203. The van der Waals surface area contributed by atoms with Gasteiger partial charge in [-0.2, -0.15) is 0 Å². The molecule has 1 aliphatic rings. The van der Waals surface area contributed by atoms with Crippen LogP contribution in [0.5, 0.6) is 0 Å². The van der Waals surface area contributed by atoms with Gasteiger partial charge in [-0.1, -0.05) is 49.4 Å². The maximum atomic E-state index is 12.7. The first kappa shape index (κ1) is 18.9. The highest BCUT2D eigenvalue weighted by Crippen LogP contribution is 2.28. The van der Waals surface area contributed by atoms with Crippen molar-refractivity contribution < 1.29 is 4.79 Å². The van der Waals surface area contributed by atoms with Crippen molar-refractivity contribution in [1.29, 1.82) is 0 Å². The van der Waals surface area contributed by atoms with E-state index in [1.54, 1.807) is 0 Å². The third-order valence-electron chi connectivity index (χ3n) is 5.85. The molecule has 3 nitrogen and oxygen atoms in total. The van der Waals surface area contributed by atoms with E-state index in [-0.39, 0.29) is 17.9 Å². The minimum Gasteiger partial charge on any atom is -0.353 e. The SMILES string of the molecule is CC[C@H](Cc1ccc2ccccc2c1)NC(=O)C1CCC(CNC)CC1. The van der Waals surface area contributed by atoms with Gasteiger partial charge < -0.3 is 10.6 Å².